The third kappa shape index (κ3) is 3.35. The van der Waals surface area contributed by atoms with Crippen LogP contribution >= 0.6 is 0 Å². The Balaban J connectivity index is 2.11. The molecule has 0 spiro atoms. The molecule has 0 heterocycles. The molecular formula is C16H25NO2S. The van der Waals surface area contributed by atoms with Crippen molar-refractivity contribution < 1.29 is 8.42 Å². The van der Waals surface area contributed by atoms with Crippen LogP contribution in [0.25, 0.3) is 0 Å². The molecule has 1 saturated carbocycles. The van der Waals surface area contributed by atoms with Crippen molar-refractivity contribution in [3.8, 4) is 0 Å². The molecule has 0 aliphatic heterocycles. The van der Waals surface area contributed by atoms with Crippen LogP contribution in [0.5, 0.6) is 0 Å². The van der Waals surface area contributed by atoms with Crippen molar-refractivity contribution in [1.29, 1.82) is 0 Å². The Morgan fingerprint density at radius 3 is 2.40 bits per heavy atom. The van der Waals surface area contributed by atoms with Crippen LogP contribution in [0, 0.1) is 5.41 Å². The normalized spacial score (nSPS) is 22.4. The van der Waals surface area contributed by atoms with Gasteiger partial charge in [0.2, 0.25) is 0 Å². The summed E-state index contributed by atoms with van der Waals surface area (Å²) < 4.78 is 23.6. The topological polar surface area (TPSA) is 46.2 Å². The van der Waals surface area contributed by atoms with E-state index < -0.39 is 9.84 Å². The SMILES string of the molecule is CCS(=O)(=O)c1ccc(NC2CCCCC2(C)C)cc1. The Morgan fingerprint density at radius 2 is 1.85 bits per heavy atom. The second kappa shape index (κ2) is 5.76. The maximum absolute atomic E-state index is 11.8. The molecule has 4 heteroatoms. The van der Waals surface area contributed by atoms with E-state index in [4.69, 9.17) is 0 Å². The zero-order valence-electron chi connectivity index (χ0n) is 12.6. The van der Waals surface area contributed by atoms with E-state index in [0.29, 0.717) is 16.4 Å². The molecule has 1 N–H and O–H groups in total. The standard InChI is InChI=1S/C16H25NO2S/c1-4-20(18,19)14-10-8-13(9-11-14)17-15-7-5-6-12-16(15,2)3/h8-11,15,17H,4-7,12H2,1-3H3. The van der Waals surface area contributed by atoms with Crippen LogP contribution < -0.4 is 5.32 Å². The fourth-order valence-electron chi connectivity index (χ4n) is 2.89. The van der Waals surface area contributed by atoms with Gasteiger partial charge in [0.05, 0.1) is 10.6 Å². The molecule has 1 aliphatic rings. The van der Waals surface area contributed by atoms with Gasteiger partial charge < -0.3 is 5.32 Å². The Labute approximate surface area is 122 Å². The summed E-state index contributed by atoms with van der Waals surface area (Å²) in [6.45, 7) is 6.28. The highest BCUT2D eigenvalue weighted by Crippen LogP contribution is 2.37. The fourth-order valence-corrected chi connectivity index (χ4v) is 3.77. The summed E-state index contributed by atoms with van der Waals surface area (Å²) in [5.74, 6) is 0.148. The van der Waals surface area contributed by atoms with E-state index in [1.54, 1.807) is 19.1 Å². The Morgan fingerprint density at radius 1 is 1.20 bits per heavy atom. The van der Waals surface area contributed by atoms with E-state index in [-0.39, 0.29) is 5.75 Å². The largest absolute Gasteiger partial charge is 0.382 e. The summed E-state index contributed by atoms with van der Waals surface area (Å²) >= 11 is 0. The first-order chi connectivity index (χ1) is 9.35. The van der Waals surface area contributed by atoms with E-state index in [9.17, 15) is 8.42 Å². The predicted octanol–water partition coefficient (Wildman–Crippen LogP) is 3.86. The van der Waals surface area contributed by atoms with Crippen LogP contribution in [0.4, 0.5) is 5.69 Å². The van der Waals surface area contributed by atoms with Crippen molar-refractivity contribution in [2.75, 3.05) is 11.1 Å². The average Bonchev–Trinajstić information content (AvgIpc) is 2.42. The summed E-state index contributed by atoms with van der Waals surface area (Å²) in [5.41, 5.74) is 1.31. The maximum Gasteiger partial charge on any atom is 0.178 e. The van der Waals surface area contributed by atoms with Gasteiger partial charge in [0.15, 0.2) is 9.84 Å². The van der Waals surface area contributed by atoms with Crippen molar-refractivity contribution in [3.05, 3.63) is 24.3 Å². The number of sulfone groups is 1. The van der Waals surface area contributed by atoms with Crippen LogP contribution in [0.15, 0.2) is 29.2 Å². The number of nitrogens with one attached hydrogen (secondary N) is 1. The van der Waals surface area contributed by atoms with Gasteiger partial charge in [0.25, 0.3) is 0 Å². The minimum absolute atomic E-state index is 0.148. The van der Waals surface area contributed by atoms with Crippen molar-refractivity contribution in [3.63, 3.8) is 0 Å². The summed E-state index contributed by atoms with van der Waals surface area (Å²) in [5, 5.41) is 3.57. The van der Waals surface area contributed by atoms with Crippen molar-refractivity contribution >= 4 is 15.5 Å². The van der Waals surface area contributed by atoms with Crippen molar-refractivity contribution in [2.45, 2.75) is 57.4 Å². The first-order valence-electron chi connectivity index (χ1n) is 7.44. The number of hydrogen-bond acceptors (Lipinski definition) is 3. The molecule has 0 bridgehead atoms. The zero-order valence-corrected chi connectivity index (χ0v) is 13.5. The molecule has 1 aliphatic carbocycles. The lowest BCUT2D eigenvalue weighted by Crippen LogP contribution is -2.38. The van der Waals surface area contributed by atoms with Gasteiger partial charge in [-0.3, -0.25) is 0 Å². The Kier molecular flexibility index (Phi) is 4.43. The predicted molar refractivity (Wildman–Crippen MR) is 83.8 cm³/mol. The lowest BCUT2D eigenvalue weighted by Gasteiger charge is -2.39. The van der Waals surface area contributed by atoms with E-state index >= 15 is 0 Å². The zero-order chi connectivity index (χ0) is 14.8. The lowest BCUT2D eigenvalue weighted by atomic mass is 9.73. The van der Waals surface area contributed by atoms with Crippen LogP contribution in [0.2, 0.25) is 0 Å². The number of anilines is 1. The fraction of sp³-hybridized carbons (Fsp3) is 0.625. The molecule has 1 fully saturated rings. The van der Waals surface area contributed by atoms with Crippen molar-refractivity contribution in [1.82, 2.24) is 0 Å². The van der Waals surface area contributed by atoms with E-state index in [0.717, 1.165) is 5.69 Å². The number of benzene rings is 1. The molecule has 20 heavy (non-hydrogen) atoms. The van der Waals surface area contributed by atoms with Crippen LogP contribution in [0.3, 0.4) is 0 Å². The smallest absolute Gasteiger partial charge is 0.178 e. The Hall–Kier alpha value is -1.03. The third-order valence-corrected chi connectivity index (χ3v) is 6.19. The monoisotopic (exact) mass is 295 g/mol. The molecule has 1 aromatic carbocycles. The molecule has 1 unspecified atom stereocenters. The summed E-state index contributed by atoms with van der Waals surface area (Å²) in [6, 6.07) is 7.64. The summed E-state index contributed by atoms with van der Waals surface area (Å²) in [7, 11) is -3.10. The van der Waals surface area contributed by atoms with E-state index in [2.05, 4.69) is 19.2 Å². The van der Waals surface area contributed by atoms with Crippen LogP contribution in [-0.4, -0.2) is 20.2 Å². The molecular weight excluding hydrogens is 270 g/mol. The highest BCUT2D eigenvalue weighted by Gasteiger charge is 2.31. The van der Waals surface area contributed by atoms with Gasteiger partial charge in [0, 0.05) is 11.7 Å². The van der Waals surface area contributed by atoms with Crippen LogP contribution in [-0.2, 0) is 9.84 Å². The summed E-state index contributed by atoms with van der Waals surface area (Å²) in [4.78, 5) is 0.411. The van der Waals surface area contributed by atoms with Gasteiger partial charge in [-0.05, 0) is 42.5 Å². The molecule has 0 saturated heterocycles. The molecule has 1 atom stereocenters. The molecule has 1 aromatic rings. The van der Waals surface area contributed by atoms with Gasteiger partial charge in [-0.25, -0.2) is 8.42 Å². The number of hydrogen-bond donors (Lipinski definition) is 1. The maximum atomic E-state index is 11.8. The second-order valence-electron chi connectivity index (χ2n) is 6.36. The highest BCUT2D eigenvalue weighted by atomic mass is 32.2. The number of rotatable bonds is 4. The van der Waals surface area contributed by atoms with Gasteiger partial charge in [-0.15, -0.1) is 0 Å². The average molecular weight is 295 g/mol. The molecule has 0 radical (unpaired) electrons. The minimum atomic E-state index is -3.10. The highest BCUT2D eigenvalue weighted by molar-refractivity contribution is 7.91. The van der Waals surface area contributed by atoms with Gasteiger partial charge in [0.1, 0.15) is 0 Å². The van der Waals surface area contributed by atoms with Crippen LogP contribution in [0.1, 0.15) is 46.5 Å². The first kappa shape index (κ1) is 15.4. The van der Waals surface area contributed by atoms with E-state index in [1.807, 2.05) is 12.1 Å². The molecule has 2 rings (SSSR count). The summed E-state index contributed by atoms with van der Waals surface area (Å²) in [6.07, 6.45) is 5.00. The molecule has 0 amide bonds. The lowest BCUT2D eigenvalue weighted by molar-refractivity contribution is 0.217. The minimum Gasteiger partial charge on any atom is -0.382 e. The van der Waals surface area contributed by atoms with Crippen molar-refractivity contribution in [2.24, 2.45) is 5.41 Å². The molecule has 3 nitrogen and oxygen atoms in total. The second-order valence-corrected chi connectivity index (χ2v) is 8.64. The van der Waals surface area contributed by atoms with Gasteiger partial charge in [-0.2, -0.15) is 0 Å². The van der Waals surface area contributed by atoms with Gasteiger partial charge >= 0.3 is 0 Å². The molecule has 0 aromatic heterocycles. The quantitative estimate of drug-likeness (QED) is 0.917. The van der Waals surface area contributed by atoms with E-state index in [1.165, 1.54) is 25.7 Å². The van der Waals surface area contributed by atoms with Gasteiger partial charge in [-0.1, -0.05) is 33.6 Å². The third-order valence-electron chi connectivity index (χ3n) is 4.44. The first-order valence-corrected chi connectivity index (χ1v) is 9.10. The Bertz CT molecular complexity index is 546. The molecule has 112 valence electrons.